The van der Waals surface area contributed by atoms with Gasteiger partial charge < -0.3 is 11.4 Å². The number of benzene rings is 1. The van der Waals surface area contributed by atoms with E-state index in [4.69, 9.17) is 0 Å². The molecule has 0 fully saturated rings. The van der Waals surface area contributed by atoms with Gasteiger partial charge in [-0.05, 0) is 48.9 Å². The second-order valence-corrected chi connectivity index (χ2v) is 10.1. The molecule has 1 aromatic carbocycles. The Morgan fingerprint density at radius 2 is 1.79 bits per heavy atom. The number of nitrogens with one attached hydrogen (secondary N) is 1. The van der Waals surface area contributed by atoms with Crippen LogP contribution in [0.5, 0.6) is 5.75 Å². The van der Waals surface area contributed by atoms with Crippen molar-refractivity contribution < 1.29 is 80.7 Å². The van der Waals surface area contributed by atoms with Gasteiger partial charge in [0.1, 0.15) is 5.75 Å². The molecular weight excluding hydrogens is 577 g/mol. The molecular formula is C26H22F3KN4O3S2. The Bertz CT molecular complexity index is 1490. The van der Waals surface area contributed by atoms with Crippen LogP contribution in [0.4, 0.5) is 13.2 Å². The fourth-order valence-corrected chi connectivity index (χ4v) is 5.35. The molecule has 0 aliphatic carbocycles. The summed E-state index contributed by atoms with van der Waals surface area (Å²) >= 11 is 2.16. The van der Waals surface area contributed by atoms with Crippen LogP contribution in [0.1, 0.15) is 44.5 Å². The van der Waals surface area contributed by atoms with E-state index in [-0.39, 0.29) is 69.3 Å². The predicted molar refractivity (Wildman–Crippen MR) is 142 cm³/mol. The summed E-state index contributed by atoms with van der Waals surface area (Å²) in [7, 11) is 1.65. The van der Waals surface area contributed by atoms with Crippen LogP contribution in [0.25, 0.3) is 10.4 Å². The molecule has 0 saturated carbocycles. The molecule has 39 heavy (non-hydrogen) atoms. The Kier molecular flexibility index (Phi) is 10.6. The first-order valence-electron chi connectivity index (χ1n) is 11.1. The smallest absolute Gasteiger partial charge is 1.00 e. The minimum Gasteiger partial charge on any atom is -1.00 e. The maximum absolute atomic E-state index is 12.8. The minimum absolute atomic E-state index is 0. The molecule has 2 N–H and O–H groups in total. The van der Waals surface area contributed by atoms with Crippen molar-refractivity contribution in [3.8, 4) is 16.2 Å². The Morgan fingerprint density at radius 3 is 2.44 bits per heavy atom. The predicted octanol–water partition coefficient (Wildman–Crippen LogP) is 3.14. The average molecular weight is 599 g/mol. The molecule has 4 rings (SSSR count). The molecule has 3 heterocycles. The minimum atomic E-state index is -4.45. The van der Waals surface area contributed by atoms with Crippen molar-refractivity contribution in [3.05, 3.63) is 92.7 Å². The van der Waals surface area contributed by atoms with Crippen molar-refractivity contribution in [3.63, 3.8) is 0 Å². The van der Waals surface area contributed by atoms with Crippen molar-refractivity contribution in [2.75, 3.05) is 7.05 Å². The molecule has 13 heteroatoms. The number of rotatable bonds is 7. The van der Waals surface area contributed by atoms with Crippen LogP contribution in [-0.2, 0) is 12.7 Å². The standard InChI is InChI=1S/C26H21F3N4O3S2.K.H/c1-15(19-14-37-23(22(19)34)16-6-8-17(9-7-16)26(27,28)29)31-32-24(35)20-10-11-21(38-20)25(36)33(2)13-18-5-3-4-12-30-18;;/h3-12,14,34H,13H2,1-2H3,(H,32,35);;/q;+1;-1/b31-15-;;. The van der Waals surface area contributed by atoms with Crippen LogP contribution < -0.4 is 56.8 Å². The molecule has 0 saturated heterocycles. The molecule has 0 radical (unpaired) electrons. The van der Waals surface area contributed by atoms with Gasteiger partial charge in [-0.1, -0.05) is 18.2 Å². The van der Waals surface area contributed by atoms with Crippen LogP contribution in [0.3, 0.4) is 0 Å². The van der Waals surface area contributed by atoms with Crippen LogP contribution in [0.2, 0.25) is 0 Å². The number of hydrogen-bond donors (Lipinski definition) is 2. The number of carbonyl (C=O) groups is 2. The maximum atomic E-state index is 12.8. The number of thiophene rings is 2. The second kappa shape index (κ2) is 13.3. The van der Waals surface area contributed by atoms with Crippen LogP contribution >= 0.6 is 22.7 Å². The fraction of sp³-hybridized carbons (Fsp3) is 0.154. The van der Waals surface area contributed by atoms with Gasteiger partial charge in [-0.3, -0.25) is 14.6 Å². The van der Waals surface area contributed by atoms with Gasteiger partial charge in [-0.25, -0.2) is 5.43 Å². The summed E-state index contributed by atoms with van der Waals surface area (Å²) in [5.74, 6) is -0.929. The third-order valence-corrected chi connectivity index (χ3v) is 7.56. The first-order chi connectivity index (χ1) is 18.0. The summed E-state index contributed by atoms with van der Waals surface area (Å²) in [6, 6.07) is 13.0. The van der Waals surface area contributed by atoms with Gasteiger partial charge in [0, 0.05) is 18.6 Å². The largest absolute Gasteiger partial charge is 1.00 e. The summed E-state index contributed by atoms with van der Waals surface area (Å²) in [6.45, 7) is 1.90. The number of amides is 2. The number of halogens is 3. The topological polar surface area (TPSA) is 94.9 Å². The van der Waals surface area contributed by atoms with Crippen molar-refractivity contribution in [2.45, 2.75) is 19.6 Å². The number of pyridine rings is 1. The monoisotopic (exact) mass is 598 g/mol. The number of aromatic nitrogens is 1. The van der Waals surface area contributed by atoms with Crippen LogP contribution in [0, 0.1) is 0 Å². The summed E-state index contributed by atoms with van der Waals surface area (Å²) in [5.41, 5.74) is 3.43. The van der Waals surface area contributed by atoms with E-state index < -0.39 is 17.6 Å². The number of alkyl halides is 3. The Morgan fingerprint density at radius 1 is 1.10 bits per heavy atom. The Balaban J connectivity index is 0.00000280. The molecule has 198 valence electrons. The molecule has 0 unspecified atom stereocenters. The zero-order valence-corrected chi connectivity index (χ0v) is 25.9. The number of nitrogens with zero attached hydrogens (tertiary/aromatic N) is 3. The van der Waals surface area contributed by atoms with E-state index in [9.17, 15) is 27.9 Å². The summed E-state index contributed by atoms with van der Waals surface area (Å²) in [4.78, 5) is 32.1. The van der Waals surface area contributed by atoms with Gasteiger partial charge in [0.05, 0.1) is 43.7 Å². The first-order valence-corrected chi connectivity index (χ1v) is 12.8. The Hall–Kier alpha value is -2.39. The quantitative estimate of drug-likeness (QED) is 0.194. The molecule has 0 aliphatic rings. The first kappa shape index (κ1) is 31.1. The zero-order chi connectivity index (χ0) is 27.4. The van der Waals surface area contributed by atoms with Crippen LogP contribution in [-0.4, -0.2) is 39.6 Å². The van der Waals surface area contributed by atoms with Gasteiger partial charge in [0.25, 0.3) is 11.8 Å². The molecule has 0 atom stereocenters. The molecule has 3 aromatic heterocycles. The van der Waals surface area contributed by atoms with Crippen molar-refractivity contribution in [1.82, 2.24) is 15.3 Å². The van der Waals surface area contributed by atoms with E-state index in [1.165, 1.54) is 23.1 Å². The van der Waals surface area contributed by atoms with Gasteiger partial charge in [-0.2, -0.15) is 18.3 Å². The third kappa shape index (κ3) is 7.63. The summed E-state index contributed by atoms with van der Waals surface area (Å²) in [5, 5.41) is 16.3. The third-order valence-electron chi connectivity index (χ3n) is 5.47. The van der Waals surface area contributed by atoms with Gasteiger partial charge in [-0.15, -0.1) is 22.7 Å². The van der Waals surface area contributed by atoms with Gasteiger partial charge in [0.15, 0.2) is 0 Å². The van der Waals surface area contributed by atoms with E-state index >= 15 is 0 Å². The second-order valence-electron chi connectivity index (χ2n) is 8.19. The number of hydrazone groups is 1. The number of hydrogen-bond acceptors (Lipinski definition) is 7. The summed E-state index contributed by atoms with van der Waals surface area (Å²) in [6.07, 6.45) is -2.80. The zero-order valence-electron chi connectivity index (χ0n) is 22.1. The van der Waals surface area contributed by atoms with E-state index in [2.05, 4.69) is 15.5 Å². The SMILES string of the molecule is C/C(=N/NC(=O)c1ccc(C(=O)N(C)Cc2ccccn2)s1)c1csc(-c2ccc(C(F)(F)F)cc2)c1O.[H-].[K+]. The normalized spacial score (nSPS) is 11.6. The summed E-state index contributed by atoms with van der Waals surface area (Å²) < 4.78 is 38.5. The molecule has 0 spiro atoms. The molecule has 7 nitrogen and oxygen atoms in total. The van der Waals surface area contributed by atoms with Crippen molar-refractivity contribution in [1.29, 1.82) is 0 Å². The maximum Gasteiger partial charge on any atom is 1.00 e. The van der Waals surface area contributed by atoms with Crippen molar-refractivity contribution >= 4 is 40.2 Å². The molecule has 0 aliphatic heterocycles. The van der Waals surface area contributed by atoms with E-state index in [0.717, 1.165) is 40.5 Å². The number of aromatic hydroxyl groups is 1. The number of carbonyl (C=O) groups excluding carboxylic acids is 2. The average Bonchev–Trinajstić information content (AvgIpc) is 3.54. The Labute approximate surface area is 274 Å². The van der Waals surface area contributed by atoms with E-state index in [1.807, 2.05) is 12.1 Å². The molecule has 2 amide bonds. The van der Waals surface area contributed by atoms with E-state index in [0.29, 0.717) is 33.1 Å². The molecule has 4 aromatic rings. The fourth-order valence-electron chi connectivity index (χ4n) is 3.44. The van der Waals surface area contributed by atoms with Crippen molar-refractivity contribution in [2.24, 2.45) is 5.10 Å². The van der Waals surface area contributed by atoms with Gasteiger partial charge >= 0.3 is 57.6 Å². The van der Waals surface area contributed by atoms with E-state index in [1.54, 1.807) is 37.7 Å². The van der Waals surface area contributed by atoms with Gasteiger partial charge in [0.2, 0.25) is 0 Å². The van der Waals surface area contributed by atoms with Crippen LogP contribution in [0.15, 0.2) is 71.3 Å². The molecule has 0 bridgehead atoms.